The fourth-order valence-corrected chi connectivity index (χ4v) is 1.92. The molecular formula is C13H8ClF4N. The smallest absolute Gasteiger partial charge is 0.194 e. The van der Waals surface area contributed by atoms with Crippen molar-refractivity contribution in [3.63, 3.8) is 0 Å². The monoisotopic (exact) mass is 289 g/mol. The van der Waals surface area contributed by atoms with Crippen molar-refractivity contribution in [2.24, 2.45) is 5.73 Å². The van der Waals surface area contributed by atoms with E-state index in [9.17, 15) is 17.6 Å². The largest absolute Gasteiger partial charge is 0.320 e. The van der Waals surface area contributed by atoms with Gasteiger partial charge in [-0.25, -0.2) is 17.6 Å². The molecule has 0 aliphatic carbocycles. The summed E-state index contributed by atoms with van der Waals surface area (Å²) in [4.78, 5) is 0. The summed E-state index contributed by atoms with van der Waals surface area (Å²) in [7, 11) is 0. The van der Waals surface area contributed by atoms with Gasteiger partial charge in [-0.05, 0) is 41.5 Å². The molecule has 0 aliphatic rings. The molecule has 100 valence electrons. The van der Waals surface area contributed by atoms with Crippen molar-refractivity contribution in [1.29, 1.82) is 0 Å². The van der Waals surface area contributed by atoms with Crippen LogP contribution in [-0.2, 0) is 0 Å². The molecule has 2 N–H and O–H groups in total. The lowest BCUT2D eigenvalue weighted by molar-refractivity contribution is 0.444. The van der Waals surface area contributed by atoms with E-state index >= 15 is 0 Å². The van der Waals surface area contributed by atoms with Gasteiger partial charge in [0.1, 0.15) is 5.82 Å². The molecule has 0 radical (unpaired) electrons. The Balaban J connectivity index is 2.49. The van der Waals surface area contributed by atoms with Crippen molar-refractivity contribution < 1.29 is 17.6 Å². The van der Waals surface area contributed by atoms with Crippen LogP contribution in [0, 0.1) is 23.3 Å². The molecule has 1 unspecified atom stereocenters. The highest BCUT2D eigenvalue weighted by atomic mass is 35.5. The number of hydrogen-bond acceptors (Lipinski definition) is 1. The van der Waals surface area contributed by atoms with E-state index < -0.39 is 29.3 Å². The van der Waals surface area contributed by atoms with E-state index in [0.29, 0.717) is 0 Å². The predicted octanol–water partition coefficient (Wildman–Crippen LogP) is 3.94. The molecule has 1 atom stereocenters. The average molecular weight is 290 g/mol. The first-order chi connectivity index (χ1) is 8.90. The van der Waals surface area contributed by atoms with Gasteiger partial charge in [-0.3, -0.25) is 0 Å². The summed E-state index contributed by atoms with van der Waals surface area (Å²) >= 11 is 5.84. The number of rotatable bonds is 2. The third kappa shape index (κ3) is 2.72. The first kappa shape index (κ1) is 13.8. The maximum atomic E-state index is 13.1. The minimum absolute atomic E-state index is 0.0381. The van der Waals surface area contributed by atoms with Gasteiger partial charge in [0, 0.05) is 5.02 Å². The van der Waals surface area contributed by atoms with Gasteiger partial charge in [0.25, 0.3) is 0 Å². The van der Waals surface area contributed by atoms with E-state index in [0.717, 1.165) is 24.3 Å². The van der Waals surface area contributed by atoms with Gasteiger partial charge >= 0.3 is 0 Å². The van der Waals surface area contributed by atoms with Gasteiger partial charge < -0.3 is 5.73 Å². The van der Waals surface area contributed by atoms with E-state index in [1.165, 1.54) is 6.07 Å². The highest BCUT2D eigenvalue weighted by Crippen LogP contribution is 2.28. The standard InChI is InChI=1S/C13H8ClF4N/c14-9-2-1-7(15)5-8(9)13(19)6-3-10(16)12(18)11(17)4-6/h1-5,13H,19H2. The van der Waals surface area contributed by atoms with E-state index in [-0.39, 0.29) is 16.1 Å². The minimum Gasteiger partial charge on any atom is -0.320 e. The molecule has 2 aromatic rings. The number of nitrogens with two attached hydrogens (primary N) is 1. The Morgan fingerprint density at radius 2 is 1.53 bits per heavy atom. The summed E-state index contributed by atoms with van der Waals surface area (Å²) in [5.41, 5.74) is 5.89. The summed E-state index contributed by atoms with van der Waals surface area (Å²) in [5.74, 6) is -4.89. The highest BCUT2D eigenvalue weighted by Gasteiger charge is 2.18. The summed E-state index contributed by atoms with van der Waals surface area (Å²) in [6.07, 6.45) is 0. The van der Waals surface area contributed by atoms with Crippen molar-refractivity contribution >= 4 is 11.6 Å². The van der Waals surface area contributed by atoms with Gasteiger partial charge in [-0.2, -0.15) is 0 Å². The first-order valence-corrected chi connectivity index (χ1v) is 5.63. The third-order valence-corrected chi connectivity index (χ3v) is 3.00. The summed E-state index contributed by atoms with van der Waals surface area (Å²) in [5, 5.41) is 0.152. The molecule has 0 saturated heterocycles. The summed E-state index contributed by atoms with van der Waals surface area (Å²) in [6, 6.07) is 3.92. The molecule has 6 heteroatoms. The van der Waals surface area contributed by atoms with Gasteiger partial charge in [0.05, 0.1) is 6.04 Å². The molecule has 0 amide bonds. The van der Waals surface area contributed by atoms with Gasteiger partial charge in [0.15, 0.2) is 17.5 Å². The van der Waals surface area contributed by atoms with Crippen LogP contribution in [0.25, 0.3) is 0 Å². The Kier molecular flexibility index (Phi) is 3.78. The molecule has 2 aromatic carbocycles. The second-order valence-corrected chi connectivity index (χ2v) is 4.35. The average Bonchev–Trinajstić information content (AvgIpc) is 2.37. The maximum absolute atomic E-state index is 13.1. The molecule has 0 heterocycles. The van der Waals surface area contributed by atoms with Crippen LogP contribution in [0.5, 0.6) is 0 Å². The van der Waals surface area contributed by atoms with Gasteiger partial charge in [-0.1, -0.05) is 11.6 Å². The van der Waals surface area contributed by atoms with Crippen LogP contribution < -0.4 is 5.73 Å². The Hall–Kier alpha value is -1.59. The van der Waals surface area contributed by atoms with Crippen molar-refractivity contribution in [3.05, 3.63) is 69.8 Å². The lowest BCUT2D eigenvalue weighted by Crippen LogP contribution is -2.14. The molecule has 2 rings (SSSR count). The molecular weight excluding hydrogens is 282 g/mol. The van der Waals surface area contributed by atoms with Crippen molar-refractivity contribution in [2.75, 3.05) is 0 Å². The van der Waals surface area contributed by atoms with Crippen molar-refractivity contribution in [2.45, 2.75) is 6.04 Å². The second kappa shape index (κ2) is 5.19. The van der Waals surface area contributed by atoms with Crippen molar-refractivity contribution in [3.8, 4) is 0 Å². The predicted molar refractivity (Wildman–Crippen MR) is 63.8 cm³/mol. The van der Waals surface area contributed by atoms with E-state index in [4.69, 9.17) is 17.3 Å². The van der Waals surface area contributed by atoms with Crippen LogP contribution in [0.1, 0.15) is 17.2 Å². The van der Waals surface area contributed by atoms with Crippen LogP contribution in [0.2, 0.25) is 5.02 Å². The fraction of sp³-hybridized carbons (Fsp3) is 0.0769. The fourth-order valence-electron chi connectivity index (χ4n) is 1.69. The number of halogens is 5. The Morgan fingerprint density at radius 1 is 0.947 bits per heavy atom. The molecule has 0 aliphatic heterocycles. The molecule has 19 heavy (non-hydrogen) atoms. The van der Waals surface area contributed by atoms with Crippen molar-refractivity contribution in [1.82, 2.24) is 0 Å². The Labute approximate surface area is 111 Å². The number of benzene rings is 2. The molecule has 0 bridgehead atoms. The molecule has 0 spiro atoms. The van der Waals surface area contributed by atoms with E-state index in [1.54, 1.807) is 0 Å². The molecule has 1 nitrogen and oxygen atoms in total. The first-order valence-electron chi connectivity index (χ1n) is 5.25. The van der Waals surface area contributed by atoms with E-state index in [2.05, 4.69) is 0 Å². The second-order valence-electron chi connectivity index (χ2n) is 3.94. The Bertz CT molecular complexity index is 607. The zero-order chi connectivity index (χ0) is 14.2. The number of hydrogen-bond donors (Lipinski definition) is 1. The van der Waals surface area contributed by atoms with Crippen LogP contribution >= 0.6 is 11.6 Å². The normalized spacial score (nSPS) is 12.5. The highest BCUT2D eigenvalue weighted by molar-refractivity contribution is 6.31. The quantitative estimate of drug-likeness (QED) is 0.657. The zero-order valence-electron chi connectivity index (χ0n) is 9.43. The van der Waals surface area contributed by atoms with Gasteiger partial charge in [0.2, 0.25) is 0 Å². The molecule has 0 fully saturated rings. The molecule has 0 saturated carbocycles. The third-order valence-electron chi connectivity index (χ3n) is 2.66. The van der Waals surface area contributed by atoms with Crippen LogP contribution in [0.3, 0.4) is 0 Å². The SMILES string of the molecule is NC(c1cc(F)c(F)c(F)c1)c1cc(F)ccc1Cl. The van der Waals surface area contributed by atoms with Gasteiger partial charge in [-0.15, -0.1) is 0 Å². The van der Waals surface area contributed by atoms with Crippen LogP contribution in [-0.4, -0.2) is 0 Å². The summed E-state index contributed by atoms with van der Waals surface area (Å²) < 4.78 is 52.2. The zero-order valence-corrected chi connectivity index (χ0v) is 10.2. The van der Waals surface area contributed by atoms with E-state index in [1.807, 2.05) is 0 Å². The minimum atomic E-state index is -1.58. The Morgan fingerprint density at radius 3 is 2.11 bits per heavy atom. The lowest BCUT2D eigenvalue weighted by atomic mass is 9.99. The molecule has 0 aromatic heterocycles. The lowest BCUT2D eigenvalue weighted by Gasteiger charge is -2.15. The summed E-state index contributed by atoms with van der Waals surface area (Å²) in [6.45, 7) is 0. The maximum Gasteiger partial charge on any atom is 0.194 e. The van der Waals surface area contributed by atoms with Crippen LogP contribution in [0.4, 0.5) is 17.6 Å². The van der Waals surface area contributed by atoms with Crippen LogP contribution in [0.15, 0.2) is 30.3 Å². The topological polar surface area (TPSA) is 26.0 Å².